The van der Waals surface area contributed by atoms with Gasteiger partial charge in [0.25, 0.3) is 0 Å². The predicted molar refractivity (Wildman–Crippen MR) is 141 cm³/mol. The van der Waals surface area contributed by atoms with Crippen molar-refractivity contribution in [1.29, 1.82) is 0 Å². The summed E-state index contributed by atoms with van der Waals surface area (Å²) in [6.45, 7) is 7.41. The third-order valence-corrected chi connectivity index (χ3v) is 7.91. The number of benzene rings is 2. The average Bonchev–Trinajstić information content (AvgIpc) is 2.90. The molecule has 200 valence electrons. The molecule has 10 nitrogen and oxygen atoms in total. The van der Waals surface area contributed by atoms with Gasteiger partial charge in [-0.15, -0.1) is 11.3 Å². The lowest BCUT2D eigenvalue weighted by Gasteiger charge is -2.38. The molecule has 5 unspecified atom stereocenters. The highest BCUT2D eigenvalue weighted by Crippen LogP contribution is 2.33. The summed E-state index contributed by atoms with van der Waals surface area (Å²) in [5.41, 5.74) is 1.23. The smallest absolute Gasteiger partial charge is 0.335 e. The number of fused-ring (bicyclic) bond motifs is 2. The van der Waals surface area contributed by atoms with Crippen LogP contribution in [0, 0.1) is 0 Å². The molecule has 2 heterocycles. The lowest BCUT2D eigenvalue weighted by atomic mass is 9.99. The van der Waals surface area contributed by atoms with Crippen molar-refractivity contribution in [3.63, 3.8) is 0 Å². The van der Waals surface area contributed by atoms with Crippen LogP contribution < -0.4 is 10.7 Å². The zero-order valence-corrected chi connectivity index (χ0v) is 21.5. The second kappa shape index (κ2) is 11.8. The zero-order valence-electron chi connectivity index (χ0n) is 20.7. The number of carbonyl (C=O) groups is 1. The van der Waals surface area contributed by atoms with Gasteiger partial charge in [-0.2, -0.15) is 0 Å². The molecule has 11 heteroatoms. The number of aliphatic hydroxyl groups excluding tert-OH is 3. The first-order valence-corrected chi connectivity index (χ1v) is 13.1. The van der Waals surface area contributed by atoms with E-state index < -0.39 is 36.7 Å². The van der Waals surface area contributed by atoms with Crippen LogP contribution in [0.3, 0.4) is 0 Å². The quantitative estimate of drug-likeness (QED) is 0.244. The van der Waals surface area contributed by atoms with Gasteiger partial charge in [0.15, 0.2) is 17.8 Å². The molecule has 0 radical (unpaired) electrons. The van der Waals surface area contributed by atoms with E-state index in [0.717, 1.165) is 24.3 Å². The summed E-state index contributed by atoms with van der Waals surface area (Å²) in [6.07, 6.45) is -8.45. The van der Waals surface area contributed by atoms with Crippen LogP contribution in [-0.4, -0.2) is 88.2 Å². The molecular weight excluding hydrogens is 500 g/mol. The Balaban J connectivity index is 1.66. The van der Waals surface area contributed by atoms with E-state index in [1.54, 1.807) is 6.07 Å². The first-order chi connectivity index (χ1) is 17.8. The summed E-state index contributed by atoms with van der Waals surface area (Å²) >= 11 is 1.43. The predicted octanol–water partition coefficient (Wildman–Crippen LogP) is 1.58. The largest absolute Gasteiger partial charge is 0.479 e. The van der Waals surface area contributed by atoms with Gasteiger partial charge in [0.05, 0.1) is 12.0 Å². The van der Waals surface area contributed by atoms with Crippen molar-refractivity contribution in [1.82, 2.24) is 4.90 Å². The fraction of sp³-hybridized carbons (Fsp3) is 0.462. The van der Waals surface area contributed by atoms with Crippen LogP contribution in [0.1, 0.15) is 19.4 Å². The Morgan fingerprint density at radius 1 is 1.08 bits per heavy atom. The second-order valence-corrected chi connectivity index (χ2v) is 9.96. The van der Waals surface area contributed by atoms with Gasteiger partial charge in [0.1, 0.15) is 18.3 Å². The molecule has 1 fully saturated rings. The number of ether oxygens (including phenoxy) is 2. The Labute approximate surface area is 217 Å². The highest BCUT2D eigenvalue weighted by Gasteiger charge is 2.47. The fourth-order valence-corrected chi connectivity index (χ4v) is 5.67. The summed E-state index contributed by atoms with van der Waals surface area (Å²) in [7, 11) is 0. The molecule has 37 heavy (non-hydrogen) atoms. The summed E-state index contributed by atoms with van der Waals surface area (Å²) in [4.78, 5) is 27.2. The number of carboxylic acids is 1. The van der Waals surface area contributed by atoms with Gasteiger partial charge in [0, 0.05) is 33.6 Å². The molecule has 5 atom stereocenters. The molecule has 2 aromatic carbocycles. The fourth-order valence-electron chi connectivity index (χ4n) is 4.47. The van der Waals surface area contributed by atoms with Gasteiger partial charge in [-0.3, -0.25) is 4.79 Å². The van der Waals surface area contributed by atoms with Crippen molar-refractivity contribution >= 4 is 43.2 Å². The summed E-state index contributed by atoms with van der Waals surface area (Å²) in [5.74, 6) is -1.48. The van der Waals surface area contributed by atoms with Crippen LogP contribution in [0.15, 0.2) is 41.2 Å². The number of nitrogens with zero attached hydrogens (tertiary/aromatic N) is 1. The van der Waals surface area contributed by atoms with E-state index in [4.69, 9.17) is 9.47 Å². The normalized spacial score (nSPS) is 24.1. The number of hydrogen-bond donors (Lipinski definition) is 5. The monoisotopic (exact) mass is 532 g/mol. The van der Waals surface area contributed by atoms with Crippen LogP contribution in [0.25, 0.3) is 20.2 Å². The molecule has 1 aliphatic heterocycles. The molecule has 0 saturated carbocycles. The van der Waals surface area contributed by atoms with Crippen LogP contribution in [0.2, 0.25) is 0 Å². The summed E-state index contributed by atoms with van der Waals surface area (Å²) in [6, 6.07) is 11.0. The summed E-state index contributed by atoms with van der Waals surface area (Å²) in [5, 5.41) is 44.1. The van der Waals surface area contributed by atoms with Crippen molar-refractivity contribution in [3.8, 4) is 0 Å². The van der Waals surface area contributed by atoms with E-state index >= 15 is 0 Å². The number of carboxylic acid groups (broad SMARTS) is 1. The van der Waals surface area contributed by atoms with Gasteiger partial charge in [0.2, 0.25) is 0 Å². The SMILES string of the molecule is CCN(CC)CCNc1ccc(COC2OC(C(=O)O)C(O)C(O)C2O)c2sc3ccccc3c(=O)c12. The van der Waals surface area contributed by atoms with E-state index in [1.165, 1.54) is 11.3 Å². The van der Waals surface area contributed by atoms with Crippen LogP contribution in [0.5, 0.6) is 0 Å². The molecule has 1 aliphatic rings. The first kappa shape index (κ1) is 27.4. The first-order valence-electron chi connectivity index (χ1n) is 12.2. The van der Waals surface area contributed by atoms with E-state index in [1.807, 2.05) is 30.3 Å². The molecule has 3 aromatic rings. The lowest BCUT2D eigenvalue weighted by molar-refractivity contribution is -0.296. The van der Waals surface area contributed by atoms with E-state index in [9.17, 15) is 30.0 Å². The topological polar surface area (TPSA) is 149 Å². The minimum Gasteiger partial charge on any atom is -0.479 e. The van der Waals surface area contributed by atoms with Crippen LogP contribution in [0.4, 0.5) is 5.69 Å². The number of hydrogen-bond acceptors (Lipinski definition) is 10. The Bertz CT molecular complexity index is 1310. The zero-order chi connectivity index (χ0) is 26.7. The second-order valence-electron chi connectivity index (χ2n) is 8.90. The van der Waals surface area contributed by atoms with Crippen molar-refractivity contribution in [2.45, 2.75) is 51.2 Å². The van der Waals surface area contributed by atoms with Gasteiger partial charge < -0.3 is 40.1 Å². The van der Waals surface area contributed by atoms with Gasteiger partial charge in [-0.05, 0) is 36.9 Å². The number of rotatable bonds is 10. The Morgan fingerprint density at radius 2 is 1.81 bits per heavy atom. The Hall–Kier alpha value is -2.64. The van der Waals surface area contributed by atoms with Gasteiger partial charge >= 0.3 is 5.97 Å². The van der Waals surface area contributed by atoms with Gasteiger partial charge in [-0.25, -0.2) is 4.79 Å². The molecule has 0 aliphatic carbocycles. The number of aliphatic carboxylic acids is 1. The van der Waals surface area contributed by atoms with E-state index in [2.05, 4.69) is 24.1 Å². The molecular formula is C26H32N2O8S. The maximum Gasteiger partial charge on any atom is 0.335 e. The highest BCUT2D eigenvalue weighted by atomic mass is 32.1. The molecule has 0 bridgehead atoms. The van der Waals surface area contributed by atoms with Crippen molar-refractivity contribution in [2.75, 3.05) is 31.5 Å². The Morgan fingerprint density at radius 3 is 2.51 bits per heavy atom. The number of anilines is 1. The molecule has 4 rings (SSSR count). The van der Waals surface area contributed by atoms with Crippen molar-refractivity contribution in [3.05, 3.63) is 52.2 Å². The number of nitrogens with one attached hydrogen (secondary N) is 1. The van der Waals surface area contributed by atoms with E-state index in [-0.39, 0.29) is 12.0 Å². The third kappa shape index (κ3) is 5.63. The third-order valence-electron chi connectivity index (χ3n) is 6.66. The van der Waals surface area contributed by atoms with Crippen LogP contribution >= 0.6 is 11.3 Å². The Kier molecular flexibility index (Phi) is 8.75. The van der Waals surface area contributed by atoms with Crippen molar-refractivity contribution in [2.24, 2.45) is 0 Å². The summed E-state index contributed by atoms with van der Waals surface area (Å²) < 4.78 is 12.4. The van der Waals surface area contributed by atoms with Crippen molar-refractivity contribution < 1.29 is 34.7 Å². The van der Waals surface area contributed by atoms with Gasteiger partial charge in [-0.1, -0.05) is 32.0 Å². The number of aliphatic hydroxyl groups is 3. The standard InChI is InChI=1S/C26H32N2O8S/c1-3-28(4-2)12-11-27-16-10-9-14(24-18(16)19(29)15-7-5-6-8-17(15)37-24)13-35-26-22(32)20(30)21(31)23(36-26)25(33)34/h5-10,20-23,26-27,30-32H,3-4,11-13H2,1-2H3,(H,33,34). The lowest BCUT2D eigenvalue weighted by Crippen LogP contribution is -2.60. The molecule has 0 amide bonds. The minimum absolute atomic E-state index is 0.116. The van der Waals surface area contributed by atoms with Crippen LogP contribution in [-0.2, 0) is 20.9 Å². The molecule has 1 aromatic heterocycles. The maximum absolute atomic E-state index is 13.6. The maximum atomic E-state index is 13.6. The molecule has 1 saturated heterocycles. The minimum atomic E-state index is -1.80. The highest BCUT2D eigenvalue weighted by molar-refractivity contribution is 7.24. The molecule has 5 N–H and O–H groups in total. The molecule has 0 spiro atoms. The number of likely N-dealkylation sites (N-methyl/N-ethyl adjacent to an activating group) is 1. The average molecular weight is 533 g/mol. The van der Waals surface area contributed by atoms with E-state index in [0.29, 0.717) is 33.3 Å².